The minimum Gasteiger partial charge on any atom is -0.465 e. The van der Waals surface area contributed by atoms with Gasteiger partial charge in [0.1, 0.15) is 6.04 Å². The molecule has 4 nitrogen and oxygen atoms in total. The fourth-order valence-electron chi connectivity index (χ4n) is 1.80. The molecule has 1 rings (SSSR count). The van der Waals surface area contributed by atoms with E-state index >= 15 is 0 Å². The lowest BCUT2D eigenvalue weighted by Gasteiger charge is -2.30. The molecule has 1 saturated heterocycles. The number of hydrogen-bond acceptors (Lipinski definition) is 4. The van der Waals surface area contributed by atoms with Crippen molar-refractivity contribution < 1.29 is 9.53 Å². The van der Waals surface area contributed by atoms with E-state index in [1.807, 2.05) is 13.8 Å². The molecule has 0 saturated carbocycles. The van der Waals surface area contributed by atoms with Crippen LogP contribution in [0.1, 0.15) is 39.5 Å². The number of ether oxygens (including phenoxy) is 1. The van der Waals surface area contributed by atoms with Crippen molar-refractivity contribution in [3.05, 3.63) is 0 Å². The summed E-state index contributed by atoms with van der Waals surface area (Å²) >= 11 is 0. The number of carbonyl (C=O) groups excluding carboxylic acids is 1. The Bertz CT molecular complexity index is 191. The van der Waals surface area contributed by atoms with Crippen molar-refractivity contribution in [3.8, 4) is 0 Å². The van der Waals surface area contributed by atoms with Crippen molar-refractivity contribution in [2.75, 3.05) is 19.7 Å². The highest BCUT2D eigenvalue weighted by Crippen LogP contribution is 2.07. The van der Waals surface area contributed by atoms with Gasteiger partial charge in [0.05, 0.1) is 6.61 Å². The zero-order valence-corrected chi connectivity index (χ0v) is 9.79. The molecule has 0 amide bonds. The number of carbonyl (C=O) groups is 1. The van der Waals surface area contributed by atoms with E-state index in [1.165, 1.54) is 19.3 Å². The van der Waals surface area contributed by atoms with Crippen LogP contribution in [0.4, 0.5) is 0 Å². The molecule has 0 aromatic carbocycles. The topological polar surface area (TPSA) is 41.6 Å². The third-order valence-corrected chi connectivity index (χ3v) is 2.67. The third kappa shape index (κ3) is 4.18. The standard InChI is InChI=1S/C11H22N2O2/c1-3-10(11(14)15-4-2)12-13-8-6-5-7-9-13/h10,12H,3-9H2,1-2H3. The average Bonchev–Trinajstić information content (AvgIpc) is 2.27. The molecule has 0 aromatic heterocycles. The van der Waals surface area contributed by atoms with Gasteiger partial charge in [-0.15, -0.1) is 0 Å². The van der Waals surface area contributed by atoms with Gasteiger partial charge in [-0.1, -0.05) is 13.3 Å². The minimum atomic E-state index is -0.178. The van der Waals surface area contributed by atoms with Crippen LogP contribution < -0.4 is 5.43 Å². The van der Waals surface area contributed by atoms with Gasteiger partial charge in [0.25, 0.3) is 0 Å². The number of esters is 1. The van der Waals surface area contributed by atoms with Gasteiger partial charge in [0, 0.05) is 13.1 Å². The molecule has 88 valence electrons. The molecule has 1 unspecified atom stereocenters. The van der Waals surface area contributed by atoms with Gasteiger partial charge in [0.2, 0.25) is 0 Å². The van der Waals surface area contributed by atoms with Crippen LogP contribution >= 0.6 is 0 Å². The first-order chi connectivity index (χ1) is 7.27. The molecule has 15 heavy (non-hydrogen) atoms. The quantitative estimate of drug-likeness (QED) is 0.701. The normalized spacial score (nSPS) is 19.9. The Kier molecular flexibility index (Phi) is 5.65. The lowest BCUT2D eigenvalue weighted by atomic mass is 10.1. The zero-order valence-electron chi connectivity index (χ0n) is 9.79. The predicted octanol–water partition coefficient (Wildman–Crippen LogP) is 1.32. The first kappa shape index (κ1) is 12.5. The summed E-state index contributed by atoms with van der Waals surface area (Å²) in [5.74, 6) is -0.134. The Labute approximate surface area is 91.9 Å². The van der Waals surface area contributed by atoms with E-state index in [2.05, 4.69) is 10.4 Å². The van der Waals surface area contributed by atoms with E-state index in [1.54, 1.807) is 0 Å². The molecule has 1 N–H and O–H groups in total. The van der Waals surface area contributed by atoms with Gasteiger partial charge in [-0.2, -0.15) is 0 Å². The van der Waals surface area contributed by atoms with Crippen LogP contribution in [0, 0.1) is 0 Å². The summed E-state index contributed by atoms with van der Waals surface area (Å²) in [6.07, 6.45) is 4.50. The van der Waals surface area contributed by atoms with E-state index in [4.69, 9.17) is 4.74 Å². The van der Waals surface area contributed by atoms with Gasteiger partial charge in [-0.3, -0.25) is 4.79 Å². The van der Waals surface area contributed by atoms with Crippen LogP contribution in [0.2, 0.25) is 0 Å². The summed E-state index contributed by atoms with van der Waals surface area (Å²) in [6.45, 7) is 6.37. The Morgan fingerprint density at radius 2 is 2.00 bits per heavy atom. The van der Waals surface area contributed by atoms with Gasteiger partial charge in [0.15, 0.2) is 0 Å². The summed E-state index contributed by atoms with van der Waals surface area (Å²) < 4.78 is 5.01. The molecule has 4 heteroatoms. The summed E-state index contributed by atoms with van der Waals surface area (Å²) in [6, 6.07) is -0.178. The van der Waals surface area contributed by atoms with Gasteiger partial charge in [-0.05, 0) is 26.2 Å². The molecule has 1 aliphatic rings. The van der Waals surface area contributed by atoms with E-state index in [0.29, 0.717) is 6.61 Å². The molecule has 0 spiro atoms. The molecule has 1 aliphatic heterocycles. The zero-order chi connectivity index (χ0) is 11.1. The Morgan fingerprint density at radius 1 is 1.33 bits per heavy atom. The Hall–Kier alpha value is -0.610. The monoisotopic (exact) mass is 214 g/mol. The van der Waals surface area contributed by atoms with Gasteiger partial charge >= 0.3 is 5.97 Å². The van der Waals surface area contributed by atoms with E-state index in [0.717, 1.165) is 19.5 Å². The number of hydrogen-bond donors (Lipinski definition) is 1. The molecular weight excluding hydrogens is 192 g/mol. The highest BCUT2D eigenvalue weighted by molar-refractivity contribution is 5.75. The van der Waals surface area contributed by atoms with Crippen LogP contribution in [0.15, 0.2) is 0 Å². The van der Waals surface area contributed by atoms with Crippen molar-refractivity contribution in [2.45, 2.75) is 45.6 Å². The molecular formula is C11H22N2O2. The smallest absolute Gasteiger partial charge is 0.324 e. The van der Waals surface area contributed by atoms with Gasteiger partial charge in [-0.25, -0.2) is 10.4 Å². The highest BCUT2D eigenvalue weighted by Gasteiger charge is 2.21. The van der Waals surface area contributed by atoms with E-state index in [9.17, 15) is 4.79 Å². The second-order valence-electron chi connectivity index (χ2n) is 3.89. The summed E-state index contributed by atoms with van der Waals surface area (Å²) in [5, 5.41) is 2.15. The third-order valence-electron chi connectivity index (χ3n) is 2.67. The van der Waals surface area contributed by atoms with E-state index < -0.39 is 0 Å². The number of hydrazine groups is 1. The van der Waals surface area contributed by atoms with E-state index in [-0.39, 0.29) is 12.0 Å². The molecule has 1 heterocycles. The summed E-state index contributed by atoms with van der Waals surface area (Å²) in [5.41, 5.74) is 3.25. The average molecular weight is 214 g/mol. The van der Waals surface area contributed by atoms with Crippen molar-refractivity contribution in [3.63, 3.8) is 0 Å². The van der Waals surface area contributed by atoms with Crippen molar-refractivity contribution >= 4 is 5.97 Å². The highest BCUT2D eigenvalue weighted by atomic mass is 16.5. The maximum atomic E-state index is 11.5. The molecule has 0 aromatic rings. The number of nitrogens with one attached hydrogen (secondary N) is 1. The SMILES string of the molecule is CCOC(=O)C(CC)NN1CCCCC1. The lowest BCUT2D eigenvalue weighted by molar-refractivity contribution is -0.147. The number of rotatable bonds is 5. The molecule has 0 bridgehead atoms. The second-order valence-corrected chi connectivity index (χ2v) is 3.89. The Balaban J connectivity index is 2.34. The first-order valence-electron chi connectivity index (χ1n) is 5.95. The van der Waals surface area contributed by atoms with Crippen LogP contribution in [0.25, 0.3) is 0 Å². The fourth-order valence-corrected chi connectivity index (χ4v) is 1.80. The van der Waals surface area contributed by atoms with Crippen LogP contribution in [0.3, 0.4) is 0 Å². The second kappa shape index (κ2) is 6.80. The largest absolute Gasteiger partial charge is 0.465 e. The number of nitrogens with zero attached hydrogens (tertiary/aromatic N) is 1. The van der Waals surface area contributed by atoms with Crippen molar-refractivity contribution in [1.82, 2.24) is 10.4 Å². The predicted molar refractivity (Wildman–Crippen MR) is 59.3 cm³/mol. The van der Waals surface area contributed by atoms with Crippen LogP contribution in [-0.2, 0) is 9.53 Å². The molecule has 1 fully saturated rings. The summed E-state index contributed by atoms with van der Waals surface area (Å²) in [4.78, 5) is 11.5. The van der Waals surface area contributed by atoms with Crippen LogP contribution in [-0.4, -0.2) is 36.7 Å². The first-order valence-corrected chi connectivity index (χ1v) is 5.95. The molecule has 0 aliphatic carbocycles. The fraction of sp³-hybridized carbons (Fsp3) is 0.909. The van der Waals surface area contributed by atoms with Crippen molar-refractivity contribution in [2.24, 2.45) is 0 Å². The molecule has 0 radical (unpaired) electrons. The summed E-state index contributed by atoms with van der Waals surface area (Å²) in [7, 11) is 0. The Morgan fingerprint density at radius 3 is 2.53 bits per heavy atom. The van der Waals surface area contributed by atoms with Gasteiger partial charge < -0.3 is 4.74 Å². The maximum absolute atomic E-state index is 11.5. The molecule has 1 atom stereocenters. The number of piperidine rings is 1. The lowest BCUT2D eigenvalue weighted by Crippen LogP contribution is -2.50. The van der Waals surface area contributed by atoms with Crippen molar-refractivity contribution in [1.29, 1.82) is 0 Å². The minimum absolute atomic E-state index is 0.134. The maximum Gasteiger partial charge on any atom is 0.324 e. The van der Waals surface area contributed by atoms with Crippen LogP contribution in [0.5, 0.6) is 0 Å².